The molecule has 0 fully saturated rings. The Labute approximate surface area is 48.6 Å². The lowest BCUT2D eigenvalue weighted by molar-refractivity contribution is -0.852. The SMILES string of the molecule is CC1(C)C=N[NH+]([O-])C1. The van der Waals surface area contributed by atoms with Crippen LogP contribution in [0.4, 0.5) is 0 Å². The molecule has 1 unspecified atom stereocenters. The molecule has 1 atom stereocenters. The molecular weight excluding hydrogens is 104 g/mol. The van der Waals surface area contributed by atoms with Gasteiger partial charge in [-0.05, 0) is 13.8 Å². The summed E-state index contributed by atoms with van der Waals surface area (Å²) in [6.45, 7) is 4.58. The first-order chi connectivity index (χ1) is 3.60. The van der Waals surface area contributed by atoms with E-state index in [1.54, 1.807) is 6.21 Å². The third-order valence-corrected chi connectivity index (χ3v) is 1.16. The van der Waals surface area contributed by atoms with Gasteiger partial charge in [0.2, 0.25) is 0 Å². The molecule has 0 radical (unpaired) electrons. The minimum absolute atomic E-state index is 0.00926. The highest BCUT2D eigenvalue weighted by atomic mass is 16.5. The van der Waals surface area contributed by atoms with Gasteiger partial charge in [0.25, 0.3) is 0 Å². The predicted molar refractivity (Wildman–Crippen MR) is 31.5 cm³/mol. The molecule has 3 heteroatoms. The molecule has 0 saturated carbocycles. The lowest BCUT2D eigenvalue weighted by Gasteiger charge is -2.14. The van der Waals surface area contributed by atoms with Gasteiger partial charge in [-0.2, -0.15) is 0 Å². The second-order valence-electron chi connectivity index (χ2n) is 2.82. The first-order valence-corrected chi connectivity index (χ1v) is 2.68. The molecule has 1 rings (SSSR count). The van der Waals surface area contributed by atoms with Gasteiger partial charge in [0.1, 0.15) is 6.54 Å². The highest BCUT2D eigenvalue weighted by Crippen LogP contribution is 2.09. The predicted octanol–water partition coefficient (Wildman–Crippen LogP) is -0.605. The lowest BCUT2D eigenvalue weighted by Crippen LogP contribution is -3.01. The molecule has 0 aromatic heterocycles. The van der Waals surface area contributed by atoms with Crippen LogP contribution < -0.4 is 5.17 Å². The molecule has 0 aromatic carbocycles. The first kappa shape index (κ1) is 5.72. The maximum Gasteiger partial charge on any atom is 0.111 e. The molecular formula is C5H10N2O. The summed E-state index contributed by atoms with van der Waals surface area (Å²) >= 11 is 0. The number of rotatable bonds is 0. The molecule has 46 valence electrons. The number of nitrogens with zero attached hydrogens (tertiary/aromatic N) is 1. The zero-order chi connectivity index (χ0) is 6.20. The topological polar surface area (TPSA) is 39.9 Å². The van der Waals surface area contributed by atoms with Crippen molar-refractivity contribution in [2.24, 2.45) is 10.5 Å². The van der Waals surface area contributed by atoms with Crippen molar-refractivity contribution >= 4 is 6.21 Å². The molecule has 1 N–H and O–H groups in total. The Kier molecular flexibility index (Phi) is 1.10. The van der Waals surface area contributed by atoms with Crippen LogP contribution in [0.25, 0.3) is 0 Å². The van der Waals surface area contributed by atoms with E-state index in [1.807, 2.05) is 13.8 Å². The largest absolute Gasteiger partial charge is 0.606 e. The fourth-order valence-electron chi connectivity index (χ4n) is 0.728. The second-order valence-corrected chi connectivity index (χ2v) is 2.82. The van der Waals surface area contributed by atoms with E-state index in [1.165, 1.54) is 0 Å². The number of hydrogen-bond acceptors (Lipinski definition) is 2. The van der Waals surface area contributed by atoms with E-state index in [-0.39, 0.29) is 10.6 Å². The molecule has 0 aromatic rings. The van der Waals surface area contributed by atoms with E-state index in [0.717, 1.165) is 0 Å². The number of hydrogen-bond donors (Lipinski definition) is 1. The van der Waals surface area contributed by atoms with E-state index in [4.69, 9.17) is 0 Å². The Balaban J connectivity index is 2.58. The van der Waals surface area contributed by atoms with Gasteiger partial charge in [-0.3, -0.25) is 0 Å². The fourth-order valence-corrected chi connectivity index (χ4v) is 0.728. The normalized spacial score (nSPS) is 33.6. The summed E-state index contributed by atoms with van der Waals surface area (Å²) in [6.07, 6.45) is 1.72. The number of quaternary nitrogens is 1. The van der Waals surface area contributed by atoms with Gasteiger partial charge in [0.15, 0.2) is 0 Å². The molecule has 3 nitrogen and oxygen atoms in total. The minimum Gasteiger partial charge on any atom is -0.606 e. The molecule has 0 bridgehead atoms. The fraction of sp³-hybridized carbons (Fsp3) is 0.800. The summed E-state index contributed by atoms with van der Waals surface area (Å²) in [4.78, 5) is 0. The minimum atomic E-state index is 0.00926. The Hall–Kier alpha value is -0.410. The lowest BCUT2D eigenvalue weighted by atomic mass is 9.97. The van der Waals surface area contributed by atoms with Gasteiger partial charge >= 0.3 is 0 Å². The third-order valence-electron chi connectivity index (χ3n) is 1.16. The number of hydroxylamine groups is 1. The smallest absolute Gasteiger partial charge is 0.111 e. The van der Waals surface area contributed by atoms with Gasteiger partial charge < -0.3 is 5.21 Å². The Morgan fingerprint density at radius 3 is 2.50 bits per heavy atom. The Morgan fingerprint density at radius 1 is 1.75 bits per heavy atom. The summed E-state index contributed by atoms with van der Waals surface area (Å²) in [5.41, 5.74) is 0.0249. The van der Waals surface area contributed by atoms with E-state index in [9.17, 15) is 5.21 Å². The van der Waals surface area contributed by atoms with Gasteiger partial charge in [0, 0.05) is 0 Å². The third kappa shape index (κ3) is 1.05. The van der Waals surface area contributed by atoms with E-state index < -0.39 is 0 Å². The quantitative estimate of drug-likeness (QED) is 0.419. The molecule has 1 heterocycles. The average Bonchev–Trinajstić information content (AvgIpc) is 1.82. The summed E-state index contributed by atoms with van der Waals surface area (Å²) in [7, 11) is 0. The van der Waals surface area contributed by atoms with Crippen LogP contribution in [-0.4, -0.2) is 12.8 Å². The van der Waals surface area contributed by atoms with Crippen molar-refractivity contribution in [1.29, 1.82) is 0 Å². The second kappa shape index (κ2) is 1.53. The Morgan fingerprint density at radius 2 is 2.38 bits per heavy atom. The van der Waals surface area contributed by atoms with Crippen LogP contribution >= 0.6 is 0 Å². The molecule has 1 aliphatic rings. The van der Waals surface area contributed by atoms with Crippen LogP contribution in [0.15, 0.2) is 5.10 Å². The Bertz CT molecular complexity index is 120. The first-order valence-electron chi connectivity index (χ1n) is 2.68. The van der Waals surface area contributed by atoms with Gasteiger partial charge in [-0.1, -0.05) is 5.10 Å². The van der Waals surface area contributed by atoms with Crippen LogP contribution in [0.3, 0.4) is 0 Å². The summed E-state index contributed by atoms with van der Waals surface area (Å²) in [5, 5.41) is 14.1. The van der Waals surface area contributed by atoms with Crippen LogP contribution in [0.2, 0.25) is 0 Å². The average molecular weight is 114 g/mol. The maximum absolute atomic E-state index is 10.5. The van der Waals surface area contributed by atoms with E-state index >= 15 is 0 Å². The molecule has 0 spiro atoms. The van der Waals surface area contributed by atoms with Crippen molar-refractivity contribution in [3.63, 3.8) is 0 Å². The zero-order valence-electron chi connectivity index (χ0n) is 5.14. The molecule has 0 amide bonds. The van der Waals surface area contributed by atoms with Crippen molar-refractivity contribution in [2.75, 3.05) is 6.54 Å². The summed E-state index contributed by atoms with van der Waals surface area (Å²) < 4.78 is 0. The monoisotopic (exact) mass is 114 g/mol. The summed E-state index contributed by atoms with van der Waals surface area (Å²) in [6, 6.07) is 0. The highest BCUT2D eigenvalue weighted by Gasteiger charge is 2.24. The van der Waals surface area contributed by atoms with Crippen molar-refractivity contribution in [3.05, 3.63) is 5.21 Å². The van der Waals surface area contributed by atoms with Crippen molar-refractivity contribution in [3.8, 4) is 0 Å². The van der Waals surface area contributed by atoms with Crippen LogP contribution in [-0.2, 0) is 0 Å². The van der Waals surface area contributed by atoms with Crippen LogP contribution in [0, 0.1) is 10.6 Å². The van der Waals surface area contributed by atoms with Crippen LogP contribution in [0.1, 0.15) is 13.8 Å². The summed E-state index contributed by atoms with van der Waals surface area (Å²) in [5.74, 6) is 0. The zero-order valence-corrected chi connectivity index (χ0v) is 5.14. The van der Waals surface area contributed by atoms with Crippen molar-refractivity contribution in [2.45, 2.75) is 13.8 Å². The number of nitrogens with one attached hydrogen (secondary N) is 1. The van der Waals surface area contributed by atoms with Gasteiger partial charge in [-0.15, -0.1) is 0 Å². The molecule has 0 saturated heterocycles. The van der Waals surface area contributed by atoms with Crippen molar-refractivity contribution < 1.29 is 5.17 Å². The van der Waals surface area contributed by atoms with Gasteiger partial charge in [0.05, 0.1) is 11.6 Å². The van der Waals surface area contributed by atoms with Crippen molar-refractivity contribution in [1.82, 2.24) is 0 Å². The van der Waals surface area contributed by atoms with Crippen LogP contribution in [0.5, 0.6) is 0 Å². The standard InChI is InChI=1S/C5H10N2O/c1-5(2)3-6-7(8)4-5/h3,7H,4H2,1-2H3. The van der Waals surface area contributed by atoms with Gasteiger partial charge in [-0.25, -0.2) is 5.17 Å². The maximum atomic E-state index is 10.5. The van der Waals surface area contributed by atoms with E-state index in [0.29, 0.717) is 6.54 Å². The molecule has 1 aliphatic heterocycles. The molecule has 8 heavy (non-hydrogen) atoms. The molecule has 0 aliphatic carbocycles. The van der Waals surface area contributed by atoms with E-state index in [2.05, 4.69) is 5.10 Å². The highest BCUT2D eigenvalue weighted by molar-refractivity contribution is 5.64.